The Hall–Kier alpha value is -2.65. The van der Waals surface area contributed by atoms with Gasteiger partial charge in [0.1, 0.15) is 0 Å². The molecule has 0 spiro atoms. The van der Waals surface area contributed by atoms with Crippen LogP contribution in [-0.4, -0.2) is 82.7 Å². The Morgan fingerprint density at radius 2 is 0.976 bits per heavy atom. The third-order valence-electron chi connectivity index (χ3n) is 10.7. The molecular weight excluding hydrogens is 534 g/mol. The number of hydrogen-bond donors (Lipinski definition) is 2. The molecule has 4 aliphatic rings. The first-order valence-corrected chi connectivity index (χ1v) is 16.7. The van der Waals surface area contributed by atoms with E-state index < -0.39 is 46.8 Å². The van der Waals surface area contributed by atoms with Crippen molar-refractivity contribution in [2.75, 3.05) is 26.2 Å². The van der Waals surface area contributed by atoms with Crippen LogP contribution in [0.2, 0.25) is 0 Å². The molecule has 0 aromatic rings. The number of carbonyl (C=O) groups is 5. The Balaban J connectivity index is 1.19. The minimum atomic E-state index is -1.17. The molecule has 10 nitrogen and oxygen atoms in total. The van der Waals surface area contributed by atoms with E-state index in [4.69, 9.17) is 0 Å². The summed E-state index contributed by atoms with van der Waals surface area (Å²) in [5.41, 5.74) is -2.33. The van der Waals surface area contributed by atoms with E-state index in [9.17, 15) is 24.0 Å². The number of nitrogens with zero attached hydrogens (tertiary/aromatic N) is 3. The van der Waals surface area contributed by atoms with Crippen molar-refractivity contribution in [3.63, 3.8) is 0 Å². The Kier molecular flexibility index (Phi) is 10.9. The second-order valence-electron chi connectivity index (χ2n) is 13.3. The summed E-state index contributed by atoms with van der Waals surface area (Å²) < 4.78 is 0. The van der Waals surface area contributed by atoms with Crippen LogP contribution < -0.4 is 10.6 Å². The van der Waals surface area contributed by atoms with Crippen molar-refractivity contribution >= 4 is 29.8 Å². The molecule has 2 N–H and O–H groups in total. The van der Waals surface area contributed by atoms with E-state index in [0.717, 1.165) is 19.3 Å². The first-order chi connectivity index (χ1) is 20.2. The predicted octanol–water partition coefficient (Wildman–Crippen LogP) is 4.96. The maximum Gasteiger partial charge on any atom is 0.324 e. The first-order valence-electron chi connectivity index (χ1n) is 16.7. The van der Waals surface area contributed by atoms with E-state index in [1.807, 2.05) is 0 Å². The number of urea groups is 2. The zero-order chi connectivity index (χ0) is 30.3. The van der Waals surface area contributed by atoms with Gasteiger partial charge < -0.3 is 14.7 Å². The van der Waals surface area contributed by atoms with Crippen molar-refractivity contribution in [1.29, 1.82) is 0 Å². The Bertz CT molecular complexity index is 963. The molecule has 236 valence electrons. The molecule has 1 aliphatic carbocycles. The van der Waals surface area contributed by atoms with Crippen molar-refractivity contribution in [3.05, 3.63) is 0 Å². The fraction of sp³-hybridized carbons (Fsp3) is 0.844. The molecule has 3 saturated heterocycles. The molecule has 4 rings (SSSR count). The molecule has 42 heavy (non-hydrogen) atoms. The molecule has 10 heteroatoms. The van der Waals surface area contributed by atoms with Crippen LogP contribution in [0, 0.1) is 10.8 Å². The lowest BCUT2D eigenvalue weighted by Gasteiger charge is -2.71. The van der Waals surface area contributed by atoms with Gasteiger partial charge in [0.25, 0.3) is 0 Å². The molecule has 3 aliphatic heterocycles. The lowest BCUT2D eigenvalue weighted by molar-refractivity contribution is -0.212. The van der Waals surface area contributed by atoms with Crippen molar-refractivity contribution in [2.45, 2.75) is 136 Å². The second kappa shape index (κ2) is 14.2. The summed E-state index contributed by atoms with van der Waals surface area (Å²) in [7, 11) is 0. The fourth-order valence-corrected chi connectivity index (χ4v) is 7.81. The topological polar surface area (TPSA) is 119 Å². The number of carbonyl (C=O) groups excluding carboxylic acids is 5. The highest BCUT2D eigenvalue weighted by atomic mass is 16.2. The summed E-state index contributed by atoms with van der Waals surface area (Å²) in [6, 6.07) is -2.27. The van der Waals surface area contributed by atoms with Gasteiger partial charge in [-0.3, -0.25) is 25.0 Å². The lowest BCUT2D eigenvalue weighted by Crippen LogP contribution is -2.91. The van der Waals surface area contributed by atoms with Gasteiger partial charge in [0.05, 0.1) is 22.9 Å². The molecule has 1 saturated carbocycles. The van der Waals surface area contributed by atoms with Crippen molar-refractivity contribution in [3.8, 4) is 0 Å². The van der Waals surface area contributed by atoms with Crippen molar-refractivity contribution in [1.82, 2.24) is 25.3 Å². The van der Waals surface area contributed by atoms with Crippen LogP contribution in [0.15, 0.2) is 0 Å². The summed E-state index contributed by atoms with van der Waals surface area (Å²) in [4.78, 5) is 69.9. The summed E-state index contributed by atoms with van der Waals surface area (Å²) >= 11 is 0. The van der Waals surface area contributed by atoms with E-state index in [1.165, 1.54) is 77.0 Å². The van der Waals surface area contributed by atoms with Gasteiger partial charge in [-0.05, 0) is 20.3 Å². The van der Waals surface area contributed by atoms with Gasteiger partial charge in [0.2, 0.25) is 17.7 Å². The summed E-state index contributed by atoms with van der Waals surface area (Å²) in [6.07, 6.45) is 19.5. The van der Waals surface area contributed by atoms with Gasteiger partial charge in [0, 0.05) is 32.6 Å². The molecule has 0 bridgehead atoms. The van der Waals surface area contributed by atoms with Gasteiger partial charge >= 0.3 is 12.1 Å². The SMILES string of the molecule is CCCCCCCCCCCCCCCCCC(=O)N1CCN2C(=O)NC(=O)C3(C)C2C2N(CC1)C(=O)NC(=O)C23C. The zero-order valence-corrected chi connectivity index (χ0v) is 26.2. The standard InChI is InChI=1S/C32H53N5O5/c1-4-5-6-7-8-9-10-11-12-13-14-15-16-17-18-19-24(38)35-20-22-36-25-26-32(3,31(25,2)27(39)33-29(36)41)28(40)34-30(42)37(26)23-21-35/h25-26H,4-23H2,1-3H3,(H,33,39,41)(H,34,40,42). The van der Waals surface area contributed by atoms with Gasteiger partial charge in [0.15, 0.2) is 0 Å². The quantitative estimate of drug-likeness (QED) is 0.248. The van der Waals surface area contributed by atoms with E-state index >= 15 is 0 Å². The van der Waals surface area contributed by atoms with Crippen LogP contribution in [0.4, 0.5) is 9.59 Å². The summed E-state index contributed by atoms with van der Waals surface area (Å²) in [6.45, 7) is 6.83. The minimum absolute atomic E-state index is 0.0199. The number of amides is 7. The average molecular weight is 588 g/mol. The molecule has 0 radical (unpaired) electrons. The number of fused-ring (bicyclic) bond motifs is 1. The van der Waals surface area contributed by atoms with Crippen LogP contribution in [0.5, 0.6) is 0 Å². The molecule has 0 aromatic carbocycles. The molecular formula is C32H53N5O5. The minimum Gasteiger partial charge on any atom is -0.339 e. The normalized spacial score (nSPS) is 28.8. The number of nitrogens with one attached hydrogen (secondary N) is 2. The van der Waals surface area contributed by atoms with E-state index in [1.54, 1.807) is 28.5 Å². The maximum atomic E-state index is 13.2. The zero-order valence-electron chi connectivity index (χ0n) is 26.2. The highest BCUT2D eigenvalue weighted by molar-refractivity contribution is 6.10. The third-order valence-corrected chi connectivity index (χ3v) is 10.7. The van der Waals surface area contributed by atoms with E-state index in [-0.39, 0.29) is 19.0 Å². The van der Waals surface area contributed by atoms with Gasteiger partial charge in [-0.2, -0.15) is 0 Å². The number of rotatable bonds is 16. The summed E-state index contributed by atoms with van der Waals surface area (Å²) in [5.74, 6) is -0.957. The van der Waals surface area contributed by atoms with Crippen molar-refractivity contribution in [2.24, 2.45) is 10.8 Å². The molecule has 0 aromatic heterocycles. The maximum absolute atomic E-state index is 13.2. The van der Waals surface area contributed by atoms with Crippen LogP contribution in [-0.2, 0) is 14.4 Å². The monoisotopic (exact) mass is 587 g/mol. The van der Waals surface area contributed by atoms with E-state index in [2.05, 4.69) is 17.6 Å². The van der Waals surface area contributed by atoms with E-state index in [0.29, 0.717) is 19.5 Å². The molecule has 4 unspecified atom stereocenters. The molecule has 7 amide bonds. The largest absolute Gasteiger partial charge is 0.339 e. The highest BCUT2D eigenvalue weighted by Gasteiger charge is 2.80. The van der Waals surface area contributed by atoms with Crippen LogP contribution in [0.3, 0.4) is 0 Å². The summed E-state index contributed by atoms with van der Waals surface area (Å²) in [5, 5.41) is 4.85. The Morgan fingerprint density at radius 1 is 0.619 bits per heavy atom. The smallest absolute Gasteiger partial charge is 0.324 e. The van der Waals surface area contributed by atoms with Gasteiger partial charge in [-0.25, -0.2) is 9.59 Å². The molecule has 4 atom stereocenters. The van der Waals surface area contributed by atoms with Crippen molar-refractivity contribution < 1.29 is 24.0 Å². The van der Waals surface area contributed by atoms with Gasteiger partial charge in [-0.15, -0.1) is 0 Å². The number of hydrogen-bond acceptors (Lipinski definition) is 5. The van der Waals surface area contributed by atoms with Gasteiger partial charge in [-0.1, -0.05) is 96.8 Å². The van der Waals surface area contributed by atoms with Crippen LogP contribution >= 0.6 is 0 Å². The third kappa shape index (κ3) is 6.18. The fourth-order valence-electron chi connectivity index (χ4n) is 7.81. The molecule has 4 fully saturated rings. The lowest BCUT2D eigenvalue weighted by atomic mass is 9.42. The van der Waals surface area contributed by atoms with Crippen LogP contribution in [0.1, 0.15) is 124 Å². The Labute approximate surface area is 251 Å². The molecule has 3 heterocycles. The Morgan fingerprint density at radius 3 is 1.36 bits per heavy atom. The number of unbranched alkanes of at least 4 members (excludes halogenated alkanes) is 14. The highest BCUT2D eigenvalue weighted by Crippen LogP contribution is 2.63. The second-order valence-corrected chi connectivity index (χ2v) is 13.3. The average Bonchev–Trinajstić information content (AvgIpc) is 3.05. The number of imide groups is 2. The predicted molar refractivity (Wildman–Crippen MR) is 160 cm³/mol. The first kappa shape index (κ1) is 32.3. The van der Waals surface area contributed by atoms with Crippen LogP contribution in [0.25, 0.3) is 0 Å².